The molecule has 2 aromatic rings. The predicted octanol–water partition coefficient (Wildman–Crippen LogP) is 1.76. The maximum atomic E-state index is 12.6. The fourth-order valence-corrected chi connectivity index (χ4v) is 2.84. The smallest absolute Gasteiger partial charge is 0.326 e. The first-order valence-corrected chi connectivity index (χ1v) is 7.79. The van der Waals surface area contributed by atoms with E-state index < -0.39 is 17.9 Å². The van der Waals surface area contributed by atoms with Gasteiger partial charge in [-0.2, -0.15) is 0 Å². The molecule has 6 nitrogen and oxygen atoms in total. The SMILES string of the molecule is O=C(O)C(Cc1ccncc1)NC(=O)C1CCOc2ccccc21. The zero-order valence-corrected chi connectivity index (χ0v) is 13.0. The molecule has 6 heteroatoms. The van der Waals surface area contributed by atoms with Crippen molar-refractivity contribution in [3.63, 3.8) is 0 Å². The number of para-hydroxylation sites is 1. The largest absolute Gasteiger partial charge is 0.493 e. The maximum absolute atomic E-state index is 12.6. The normalized spacial score (nSPS) is 17.2. The zero-order valence-electron chi connectivity index (χ0n) is 13.0. The minimum absolute atomic E-state index is 0.217. The van der Waals surface area contributed by atoms with Crippen LogP contribution in [-0.4, -0.2) is 34.6 Å². The molecule has 0 fully saturated rings. The number of nitrogens with zero attached hydrogens (tertiary/aromatic N) is 1. The van der Waals surface area contributed by atoms with Crippen molar-refractivity contribution < 1.29 is 19.4 Å². The molecule has 0 aliphatic carbocycles. The number of aliphatic carboxylic acids is 1. The number of nitrogens with one attached hydrogen (secondary N) is 1. The molecule has 0 radical (unpaired) electrons. The molecule has 0 saturated heterocycles. The van der Waals surface area contributed by atoms with E-state index in [-0.39, 0.29) is 12.3 Å². The molecule has 124 valence electrons. The van der Waals surface area contributed by atoms with Gasteiger partial charge in [-0.25, -0.2) is 4.79 Å². The molecular formula is C18H18N2O4. The van der Waals surface area contributed by atoms with Gasteiger partial charge in [-0.15, -0.1) is 0 Å². The van der Waals surface area contributed by atoms with Crippen LogP contribution in [0, 0.1) is 0 Å². The highest BCUT2D eigenvalue weighted by Gasteiger charge is 2.30. The Hall–Kier alpha value is -2.89. The lowest BCUT2D eigenvalue weighted by Crippen LogP contribution is -2.45. The van der Waals surface area contributed by atoms with Crippen molar-refractivity contribution in [3.05, 3.63) is 59.9 Å². The third kappa shape index (κ3) is 3.53. The van der Waals surface area contributed by atoms with E-state index in [0.717, 1.165) is 11.1 Å². The van der Waals surface area contributed by atoms with Crippen molar-refractivity contribution in [1.29, 1.82) is 0 Å². The number of benzene rings is 1. The molecular weight excluding hydrogens is 308 g/mol. The van der Waals surface area contributed by atoms with E-state index in [4.69, 9.17) is 4.74 Å². The van der Waals surface area contributed by atoms with Crippen LogP contribution in [0.25, 0.3) is 0 Å². The zero-order chi connectivity index (χ0) is 16.9. The molecule has 3 rings (SSSR count). The Morgan fingerprint density at radius 3 is 2.75 bits per heavy atom. The summed E-state index contributed by atoms with van der Waals surface area (Å²) in [5.74, 6) is -1.05. The van der Waals surface area contributed by atoms with Crippen molar-refractivity contribution in [2.75, 3.05) is 6.61 Å². The molecule has 2 atom stereocenters. The van der Waals surface area contributed by atoms with Gasteiger partial charge in [0.2, 0.25) is 5.91 Å². The molecule has 1 aromatic carbocycles. The minimum atomic E-state index is -1.06. The number of hydrogen-bond donors (Lipinski definition) is 2. The van der Waals surface area contributed by atoms with Gasteiger partial charge in [0.15, 0.2) is 0 Å². The van der Waals surface area contributed by atoms with Crippen molar-refractivity contribution in [2.24, 2.45) is 0 Å². The Kier molecular flexibility index (Phi) is 4.74. The summed E-state index contributed by atoms with van der Waals surface area (Å²) in [6.07, 6.45) is 3.95. The Bertz CT molecular complexity index is 733. The second-order valence-corrected chi connectivity index (χ2v) is 5.69. The standard InChI is InChI=1S/C18H18N2O4/c21-17(14-7-10-24-16-4-2-1-3-13(14)16)20-15(18(22)23)11-12-5-8-19-9-6-12/h1-6,8-9,14-15H,7,10-11H2,(H,20,21)(H,22,23). The van der Waals surface area contributed by atoms with Gasteiger partial charge in [0, 0.05) is 24.4 Å². The van der Waals surface area contributed by atoms with Gasteiger partial charge in [-0.05, 0) is 30.2 Å². The van der Waals surface area contributed by atoms with E-state index in [1.807, 2.05) is 24.3 Å². The molecule has 1 amide bonds. The number of rotatable bonds is 5. The van der Waals surface area contributed by atoms with Crippen LogP contribution in [0.2, 0.25) is 0 Å². The van der Waals surface area contributed by atoms with Crippen LogP contribution in [-0.2, 0) is 16.0 Å². The van der Waals surface area contributed by atoms with Gasteiger partial charge in [0.05, 0.1) is 12.5 Å². The molecule has 24 heavy (non-hydrogen) atoms. The van der Waals surface area contributed by atoms with Crippen LogP contribution < -0.4 is 10.1 Å². The van der Waals surface area contributed by atoms with Gasteiger partial charge in [0.1, 0.15) is 11.8 Å². The average Bonchev–Trinajstić information content (AvgIpc) is 2.61. The van der Waals surface area contributed by atoms with Crippen LogP contribution in [0.1, 0.15) is 23.5 Å². The Balaban J connectivity index is 1.74. The fourth-order valence-electron chi connectivity index (χ4n) is 2.84. The summed E-state index contributed by atoms with van der Waals surface area (Å²) in [6, 6.07) is 9.87. The molecule has 0 bridgehead atoms. The van der Waals surface area contributed by atoms with Gasteiger partial charge in [-0.1, -0.05) is 18.2 Å². The molecule has 1 aliphatic heterocycles. The topological polar surface area (TPSA) is 88.5 Å². The monoisotopic (exact) mass is 326 g/mol. The number of hydrogen-bond acceptors (Lipinski definition) is 4. The van der Waals surface area contributed by atoms with E-state index >= 15 is 0 Å². The summed E-state index contributed by atoms with van der Waals surface area (Å²) in [4.78, 5) is 28.0. The summed E-state index contributed by atoms with van der Waals surface area (Å²) in [7, 11) is 0. The Morgan fingerprint density at radius 1 is 1.25 bits per heavy atom. The molecule has 1 aromatic heterocycles. The van der Waals surface area contributed by atoms with Gasteiger partial charge in [-0.3, -0.25) is 9.78 Å². The first-order valence-electron chi connectivity index (χ1n) is 7.79. The lowest BCUT2D eigenvalue weighted by molar-refractivity contribution is -0.142. The second-order valence-electron chi connectivity index (χ2n) is 5.69. The lowest BCUT2D eigenvalue weighted by Gasteiger charge is -2.26. The highest BCUT2D eigenvalue weighted by atomic mass is 16.5. The van der Waals surface area contributed by atoms with Crippen LogP contribution in [0.3, 0.4) is 0 Å². The number of aromatic nitrogens is 1. The van der Waals surface area contributed by atoms with Crippen molar-refractivity contribution in [3.8, 4) is 5.75 Å². The Labute approximate surface area is 139 Å². The number of amides is 1. The first-order chi connectivity index (χ1) is 11.6. The highest BCUT2D eigenvalue weighted by molar-refractivity contribution is 5.89. The molecule has 2 unspecified atom stereocenters. The molecule has 0 spiro atoms. The van der Waals surface area contributed by atoms with Crippen molar-refractivity contribution >= 4 is 11.9 Å². The molecule has 2 N–H and O–H groups in total. The van der Waals surface area contributed by atoms with Crippen LogP contribution in [0.4, 0.5) is 0 Å². The fraction of sp³-hybridized carbons (Fsp3) is 0.278. The maximum Gasteiger partial charge on any atom is 0.326 e. The van der Waals surface area contributed by atoms with E-state index in [1.165, 1.54) is 0 Å². The summed E-state index contributed by atoms with van der Waals surface area (Å²) >= 11 is 0. The van der Waals surface area contributed by atoms with Gasteiger partial charge in [0.25, 0.3) is 0 Å². The first kappa shape index (κ1) is 16.0. The van der Waals surface area contributed by atoms with Crippen molar-refractivity contribution in [1.82, 2.24) is 10.3 Å². The number of fused-ring (bicyclic) bond motifs is 1. The summed E-state index contributed by atoms with van der Waals surface area (Å²) in [5.41, 5.74) is 1.61. The number of carboxylic acid groups (broad SMARTS) is 1. The number of carbonyl (C=O) groups excluding carboxylic acids is 1. The molecule has 2 heterocycles. The average molecular weight is 326 g/mol. The quantitative estimate of drug-likeness (QED) is 0.874. The van der Waals surface area contributed by atoms with E-state index in [9.17, 15) is 14.7 Å². The third-order valence-electron chi connectivity index (χ3n) is 4.08. The van der Waals surface area contributed by atoms with Crippen LogP contribution in [0.5, 0.6) is 5.75 Å². The van der Waals surface area contributed by atoms with Gasteiger partial charge < -0.3 is 15.2 Å². The predicted molar refractivity (Wildman–Crippen MR) is 86.8 cm³/mol. The van der Waals surface area contributed by atoms with E-state index in [0.29, 0.717) is 18.8 Å². The van der Waals surface area contributed by atoms with E-state index in [2.05, 4.69) is 10.3 Å². The summed E-state index contributed by atoms with van der Waals surface area (Å²) in [5, 5.41) is 12.1. The second kappa shape index (κ2) is 7.12. The highest BCUT2D eigenvalue weighted by Crippen LogP contribution is 2.33. The molecule has 1 aliphatic rings. The van der Waals surface area contributed by atoms with E-state index in [1.54, 1.807) is 24.5 Å². The van der Waals surface area contributed by atoms with Crippen LogP contribution >= 0.6 is 0 Å². The third-order valence-corrected chi connectivity index (χ3v) is 4.08. The van der Waals surface area contributed by atoms with Crippen LogP contribution in [0.15, 0.2) is 48.8 Å². The van der Waals surface area contributed by atoms with Crippen molar-refractivity contribution in [2.45, 2.75) is 24.8 Å². The number of ether oxygens (including phenoxy) is 1. The number of carboxylic acids is 1. The van der Waals surface area contributed by atoms with Gasteiger partial charge >= 0.3 is 5.97 Å². The lowest BCUT2D eigenvalue weighted by atomic mass is 9.92. The number of pyridine rings is 1. The number of carbonyl (C=O) groups is 2. The Morgan fingerprint density at radius 2 is 2.00 bits per heavy atom. The molecule has 0 saturated carbocycles. The summed E-state index contributed by atoms with van der Waals surface area (Å²) < 4.78 is 5.55. The minimum Gasteiger partial charge on any atom is -0.493 e. The summed E-state index contributed by atoms with van der Waals surface area (Å²) in [6.45, 7) is 0.442.